The van der Waals surface area contributed by atoms with Crippen LogP contribution in [0.5, 0.6) is 5.75 Å². The fourth-order valence-corrected chi connectivity index (χ4v) is 4.02. The van der Waals surface area contributed by atoms with E-state index < -0.39 is 0 Å². The molecule has 29 heavy (non-hydrogen) atoms. The summed E-state index contributed by atoms with van der Waals surface area (Å²) in [4.78, 5) is 25.4. The predicted molar refractivity (Wildman–Crippen MR) is 109 cm³/mol. The number of rotatable bonds is 5. The molecule has 0 spiro atoms. The fraction of sp³-hybridized carbons (Fsp3) is 0.409. The number of benzene rings is 1. The Bertz CT molecular complexity index is 1070. The summed E-state index contributed by atoms with van der Waals surface area (Å²) in [5.74, 6) is 1.59. The Kier molecular flexibility index (Phi) is 4.58. The number of likely N-dealkylation sites (tertiary alicyclic amines) is 1. The summed E-state index contributed by atoms with van der Waals surface area (Å²) in [5.41, 5.74) is 1.19. The Hall–Kier alpha value is -3.09. The van der Waals surface area contributed by atoms with Gasteiger partial charge in [-0.1, -0.05) is 6.07 Å². The first-order valence-electron chi connectivity index (χ1n) is 10.3. The number of nitrogens with zero attached hydrogens (tertiary/aromatic N) is 3. The standard InChI is InChI=1S/C22H24N4O3/c27-21-7-6-18(23-24-21)22(28)25-11-8-16(9-12-25)29-20-3-1-2-19-17(20)10-13-26(19)14-15-4-5-15/h1-3,6-7,10,13,15-16H,4-5,8-9,11-12,14H2,(H,24,27). The highest BCUT2D eigenvalue weighted by Gasteiger charge is 2.26. The van der Waals surface area contributed by atoms with Crippen LogP contribution < -0.4 is 10.3 Å². The molecule has 7 heteroatoms. The summed E-state index contributed by atoms with van der Waals surface area (Å²) in [5, 5.41) is 7.31. The van der Waals surface area contributed by atoms with Gasteiger partial charge in [-0.3, -0.25) is 9.59 Å². The second-order valence-electron chi connectivity index (χ2n) is 8.02. The van der Waals surface area contributed by atoms with E-state index in [0.717, 1.165) is 36.4 Å². The molecule has 7 nitrogen and oxygen atoms in total. The van der Waals surface area contributed by atoms with Gasteiger partial charge in [-0.15, -0.1) is 0 Å². The van der Waals surface area contributed by atoms with Gasteiger partial charge >= 0.3 is 0 Å². The molecule has 0 atom stereocenters. The molecule has 2 aromatic heterocycles. The van der Waals surface area contributed by atoms with Crippen molar-refractivity contribution in [3.63, 3.8) is 0 Å². The number of aromatic amines is 1. The lowest BCUT2D eigenvalue weighted by Crippen LogP contribution is -2.42. The number of hydrogen-bond acceptors (Lipinski definition) is 4. The van der Waals surface area contributed by atoms with E-state index in [9.17, 15) is 9.59 Å². The molecule has 1 amide bonds. The van der Waals surface area contributed by atoms with Gasteiger partial charge in [-0.2, -0.15) is 5.10 Å². The number of carbonyl (C=O) groups excluding carboxylic acids is 1. The molecule has 1 N–H and O–H groups in total. The summed E-state index contributed by atoms with van der Waals surface area (Å²) in [7, 11) is 0. The number of piperidine rings is 1. The third-order valence-electron chi connectivity index (χ3n) is 5.85. The van der Waals surface area contributed by atoms with E-state index in [1.54, 1.807) is 4.90 Å². The van der Waals surface area contributed by atoms with Gasteiger partial charge in [0.1, 0.15) is 17.5 Å². The lowest BCUT2D eigenvalue weighted by molar-refractivity contribution is 0.0591. The van der Waals surface area contributed by atoms with Gasteiger partial charge in [-0.25, -0.2) is 5.10 Å². The van der Waals surface area contributed by atoms with Crippen LogP contribution >= 0.6 is 0 Å². The molecule has 1 saturated heterocycles. The van der Waals surface area contributed by atoms with Crippen molar-refractivity contribution in [1.29, 1.82) is 0 Å². The third-order valence-corrected chi connectivity index (χ3v) is 5.85. The largest absolute Gasteiger partial charge is 0.490 e. The van der Waals surface area contributed by atoms with Crippen LogP contribution in [0.15, 0.2) is 47.4 Å². The number of carbonyl (C=O) groups is 1. The Balaban J connectivity index is 1.24. The lowest BCUT2D eigenvalue weighted by atomic mass is 10.1. The topological polar surface area (TPSA) is 80.2 Å². The van der Waals surface area contributed by atoms with Crippen molar-refractivity contribution in [1.82, 2.24) is 19.7 Å². The first-order chi connectivity index (χ1) is 14.2. The lowest BCUT2D eigenvalue weighted by Gasteiger charge is -2.32. The number of hydrogen-bond donors (Lipinski definition) is 1. The molecule has 0 radical (unpaired) electrons. The monoisotopic (exact) mass is 392 g/mol. The number of amides is 1. The van der Waals surface area contributed by atoms with Crippen LogP contribution in [0.4, 0.5) is 0 Å². The smallest absolute Gasteiger partial charge is 0.274 e. The van der Waals surface area contributed by atoms with Crippen molar-refractivity contribution in [2.24, 2.45) is 5.92 Å². The van der Waals surface area contributed by atoms with E-state index >= 15 is 0 Å². The Morgan fingerprint density at radius 2 is 1.93 bits per heavy atom. The van der Waals surface area contributed by atoms with Crippen molar-refractivity contribution >= 4 is 16.8 Å². The molecular weight excluding hydrogens is 368 g/mol. The second kappa shape index (κ2) is 7.39. The van der Waals surface area contributed by atoms with Crippen molar-refractivity contribution in [2.75, 3.05) is 13.1 Å². The zero-order valence-corrected chi connectivity index (χ0v) is 16.2. The summed E-state index contributed by atoms with van der Waals surface area (Å²) in [6, 6.07) is 11.2. The van der Waals surface area contributed by atoms with Crippen LogP contribution in [0, 0.1) is 5.92 Å². The summed E-state index contributed by atoms with van der Waals surface area (Å²) < 4.78 is 8.67. The minimum atomic E-state index is -0.311. The van der Waals surface area contributed by atoms with Crippen LogP contribution in [0.1, 0.15) is 36.2 Å². The van der Waals surface area contributed by atoms with Gasteiger partial charge < -0.3 is 14.2 Å². The van der Waals surface area contributed by atoms with Crippen LogP contribution in [0.25, 0.3) is 10.9 Å². The molecule has 1 aliphatic carbocycles. The van der Waals surface area contributed by atoms with Gasteiger partial charge in [-0.05, 0) is 43.0 Å². The maximum atomic E-state index is 12.5. The van der Waals surface area contributed by atoms with Crippen LogP contribution in [0.3, 0.4) is 0 Å². The summed E-state index contributed by atoms with van der Waals surface area (Å²) >= 11 is 0. The van der Waals surface area contributed by atoms with Crippen molar-refractivity contribution in [3.8, 4) is 5.75 Å². The van der Waals surface area contributed by atoms with E-state index in [1.807, 2.05) is 6.07 Å². The Morgan fingerprint density at radius 3 is 2.66 bits per heavy atom. The Morgan fingerprint density at radius 1 is 1.10 bits per heavy atom. The highest BCUT2D eigenvalue weighted by molar-refractivity contribution is 5.92. The summed E-state index contributed by atoms with van der Waals surface area (Å²) in [6.07, 6.45) is 6.46. The van der Waals surface area contributed by atoms with Gasteiger partial charge in [0.25, 0.3) is 11.5 Å². The van der Waals surface area contributed by atoms with E-state index in [0.29, 0.717) is 13.1 Å². The molecule has 5 rings (SSSR count). The van der Waals surface area contributed by atoms with Crippen molar-refractivity contribution in [3.05, 3.63) is 58.6 Å². The number of fused-ring (bicyclic) bond motifs is 1. The SMILES string of the molecule is O=C(c1ccc(=O)[nH]n1)N1CCC(Oc2cccc3c2ccn3CC2CC2)CC1. The molecule has 3 heterocycles. The average Bonchev–Trinajstić information content (AvgIpc) is 3.47. The zero-order valence-electron chi connectivity index (χ0n) is 16.2. The first-order valence-corrected chi connectivity index (χ1v) is 10.3. The van der Waals surface area contributed by atoms with Gasteiger partial charge in [0.05, 0.1) is 5.52 Å². The minimum absolute atomic E-state index is 0.0833. The average molecular weight is 392 g/mol. The van der Waals surface area contributed by atoms with Gasteiger partial charge in [0.15, 0.2) is 0 Å². The van der Waals surface area contributed by atoms with E-state index in [4.69, 9.17) is 4.74 Å². The molecule has 0 bridgehead atoms. The van der Waals surface area contributed by atoms with Crippen LogP contribution in [-0.4, -0.2) is 44.8 Å². The molecule has 1 aromatic carbocycles. The Labute approximate surface area is 168 Å². The molecule has 0 unspecified atom stereocenters. The third kappa shape index (κ3) is 3.77. The minimum Gasteiger partial charge on any atom is -0.490 e. The van der Waals surface area contributed by atoms with Gasteiger partial charge in [0, 0.05) is 50.1 Å². The highest BCUT2D eigenvalue weighted by Crippen LogP contribution is 2.34. The number of H-pyrrole nitrogens is 1. The number of aromatic nitrogens is 3. The number of ether oxygens (including phenoxy) is 1. The molecule has 2 fully saturated rings. The molecule has 2 aliphatic rings. The zero-order chi connectivity index (χ0) is 19.8. The first kappa shape index (κ1) is 18.0. The second-order valence-corrected chi connectivity index (χ2v) is 8.02. The van der Waals surface area contributed by atoms with E-state index in [1.165, 1.54) is 30.5 Å². The van der Waals surface area contributed by atoms with Crippen molar-refractivity contribution < 1.29 is 9.53 Å². The van der Waals surface area contributed by atoms with Gasteiger partial charge in [0.2, 0.25) is 0 Å². The van der Waals surface area contributed by atoms with E-state index in [2.05, 4.69) is 39.2 Å². The van der Waals surface area contributed by atoms with E-state index in [-0.39, 0.29) is 23.3 Å². The fourth-order valence-electron chi connectivity index (χ4n) is 4.02. The maximum Gasteiger partial charge on any atom is 0.274 e. The highest BCUT2D eigenvalue weighted by atomic mass is 16.5. The van der Waals surface area contributed by atoms with Crippen molar-refractivity contribution in [2.45, 2.75) is 38.3 Å². The maximum absolute atomic E-state index is 12.5. The van der Waals surface area contributed by atoms with Crippen LogP contribution in [0.2, 0.25) is 0 Å². The molecule has 1 aliphatic heterocycles. The molecular formula is C22H24N4O3. The predicted octanol–water partition coefficient (Wildman–Crippen LogP) is 2.82. The normalized spacial score (nSPS) is 17.6. The van der Waals surface area contributed by atoms with Crippen LogP contribution in [-0.2, 0) is 6.54 Å². The molecule has 150 valence electrons. The summed E-state index contributed by atoms with van der Waals surface area (Å²) in [6.45, 7) is 2.32. The molecule has 1 saturated carbocycles. The quantitative estimate of drug-likeness (QED) is 0.724. The molecule has 3 aromatic rings. The number of nitrogens with one attached hydrogen (secondary N) is 1.